The van der Waals surface area contributed by atoms with Gasteiger partial charge in [0.15, 0.2) is 0 Å². The molecule has 4 aromatic rings. The summed E-state index contributed by atoms with van der Waals surface area (Å²) in [5.74, 6) is -0.347. The molecule has 0 aliphatic carbocycles. The van der Waals surface area contributed by atoms with Gasteiger partial charge in [-0.15, -0.1) is 0 Å². The van der Waals surface area contributed by atoms with Crippen molar-refractivity contribution >= 4 is 34.6 Å². The molecule has 0 atom stereocenters. The van der Waals surface area contributed by atoms with E-state index in [0.29, 0.717) is 65.6 Å². The number of fused-ring (bicyclic) bond motifs is 1. The molecule has 0 aliphatic rings. The van der Waals surface area contributed by atoms with Gasteiger partial charge < -0.3 is 23.7 Å². The Morgan fingerprint density at radius 3 is 2.07 bits per heavy atom. The van der Waals surface area contributed by atoms with E-state index in [4.69, 9.17) is 18.9 Å². The Kier molecular flexibility index (Phi) is 11.2. The second-order valence-corrected chi connectivity index (χ2v) is 9.74. The summed E-state index contributed by atoms with van der Waals surface area (Å²) < 4.78 is 26.7. The molecule has 0 radical (unpaired) electrons. The lowest BCUT2D eigenvalue weighted by Crippen LogP contribution is -2.12. The first-order valence-electron chi connectivity index (χ1n) is 14.3. The van der Waals surface area contributed by atoms with Crippen molar-refractivity contribution in [3.05, 3.63) is 121 Å². The summed E-state index contributed by atoms with van der Waals surface area (Å²) in [5.41, 5.74) is 1.30. The quantitative estimate of drug-likeness (QED) is 0.0483. The van der Waals surface area contributed by atoms with Crippen LogP contribution in [0.1, 0.15) is 52.5 Å². The predicted octanol–water partition coefficient (Wildman–Crippen LogP) is 7.17. The third kappa shape index (κ3) is 9.14. The third-order valence-corrected chi connectivity index (χ3v) is 6.61. The molecular formula is C36H32O9. The maximum Gasteiger partial charge on any atom is 0.343 e. The van der Waals surface area contributed by atoms with Crippen molar-refractivity contribution in [2.24, 2.45) is 0 Å². The molecule has 0 fully saturated rings. The molecule has 0 amide bonds. The highest BCUT2D eigenvalue weighted by molar-refractivity contribution is 5.97. The van der Waals surface area contributed by atoms with Gasteiger partial charge in [0.05, 0.1) is 24.0 Å². The zero-order valence-corrected chi connectivity index (χ0v) is 24.8. The van der Waals surface area contributed by atoms with Gasteiger partial charge in [-0.2, -0.15) is 0 Å². The number of carbonyl (C=O) groups is 4. The first-order valence-corrected chi connectivity index (χ1v) is 14.3. The van der Waals surface area contributed by atoms with Crippen molar-refractivity contribution in [3.63, 3.8) is 0 Å². The molecule has 230 valence electrons. The van der Waals surface area contributed by atoms with Crippen molar-refractivity contribution < 1.29 is 42.9 Å². The molecule has 0 aromatic heterocycles. The Morgan fingerprint density at radius 2 is 1.33 bits per heavy atom. The number of rotatable bonds is 14. The van der Waals surface area contributed by atoms with Crippen LogP contribution in [0.3, 0.4) is 0 Å². The maximum atomic E-state index is 13.0. The van der Waals surface area contributed by atoms with E-state index in [1.807, 2.05) is 6.92 Å². The number of unbranched alkanes of at least 4 members (excludes halogenated alkanes) is 1. The molecule has 9 heteroatoms. The van der Waals surface area contributed by atoms with E-state index in [1.165, 1.54) is 0 Å². The van der Waals surface area contributed by atoms with Gasteiger partial charge in [0.1, 0.15) is 23.0 Å². The number of benzene rings is 4. The Bertz CT molecular complexity index is 1720. The standard InChI is InChI=1S/C36H32O9/c1-4-24-21-28(35(39)44-30-17-15-29(16-18-30)42-20-8-7-9-34(38)41-6-3)13-19-32(24)45-36(40)27-11-10-26-23-31(43-33(37)5-2)14-12-25(26)22-27/h5-6,10-19,21-23H,2-4,7-9,20H2,1H3. The van der Waals surface area contributed by atoms with E-state index in [1.54, 1.807) is 78.9 Å². The molecule has 0 bridgehead atoms. The normalized spacial score (nSPS) is 10.4. The van der Waals surface area contributed by atoms with E-state index < -0.39 is 17.9 Å². The minimum absolute atomic E-state index is 0.289. The van der Waals surface area contributed by atoms with Crippen LogP contribution >= 0.6 is 0 Å². The average molecular weight is 609 g/mol. The topological polar surface area (TPSA) is 114 Å². The highest BCUT2D eigenvalue weighted by atomic mass is 16.5. The largest absolute Gasteiger partial charge is 0.494 e. The fourth-order valence-electron chi connectivity index (χ4n) is 4.30. The van der Waals surface area contributed by atoms with Crippen molar-refractivity contribution in [1.29, 1.82) is 0 Å². The monoisotopic (exact) mass is 608 g/mol. The number of hydrogen-bond donors (Lipinski definition) is 0. The summed E-state index contributed by atoms with van der Waals surface area (Å²) in [4.78, 5) is 48.6. The summed E-state index contributed by atoms with van der Waals surface area (Å²) in [5, 5.41) is 1.54. The van der Waals surface area contributed by atoms with Gasteiger partial charge in [-0.05, 0) is 102 Å². The Hall–Kier alpha value is -5.70. The van der Waals surface area contributed by atoms with Crippen molar-refractivity contribution in [3.8, 4) is 23.0 Å². The van der Waals surface area contributed by atoms with Gasteiger partial charge in [-0.1, -0.05) is 32.2 Å². The summed E-state index contributed by atoms with van der Waals surface area (Å²) in [6, 6.07) is 21.5. The zero-order chi connectivity index (χ0) is 32.2. The molecule has 0 N–H and O–H groups in total. The van der Waals surface area contributed by atoms with Gasteiger partial charge in [-0.25, -0.2) is 14.4 Å². The van der Waals surface area contributed by atoms with Crippen molar-refractivity contribution in [2.75, 3.05) is 6.61 Å². The highest BCUT2D eigenvalue weighted by Gasteiger charge is 2.16. The molecule has 0 aliphatic heterocycles. The molecule has 0 heterocycles. The lowest BCUT2D eigenvalue weighted by molar-refractivity contribution is -0.138. The van der Waals surface area contributed by atoms with E-state index in [9.17, 15) is 19.2 Å². The second-order valence-electron chi connectivity index (χ2n) is 9.74. The van der Waals surface area contributed by atoms with Crippen molar-refractivity contribution in [1.82, 2.24) is 0 Å². The smallest absolute Gasteiger partial charge is 0.343 e. The molecule has 9 nitrogen and oxygen atoms in total. The molecule has 4 rings (SSSR count). The molecule has 0 saturated carbocycles. The number of esters is 4. The van der Waals surface area contributed by atoms with Crippen LogP contribution in [0.4, 0.5) is 0 Å². The van der Waals surface area contributed by atoms with Gasteiger partial charge >= 0.3 is 23.9 Å². The molecule has 0 spiro atoms. The van der Waals surface area contributed by atoms with Crippen LogP contribution in [0.2, 0.25) is 0 Å². The number of ether oxygens (including phenoxy) is 5. The van der Waals surface area contributed by atoms with E-state index in [-0.39, 0.29) is 12.4 Å². The van der Waals surface area contributed by atoms with Crippen LogP contribution < -0.4 is 18.9 Å². The van der Waals surface area contributed by atoms with Gasteiger partial charge in [0.2, 0.25) is 0 Å². The van der Waals surface area contributed by atoms with Crippen LogP contribution in [0.15, 0.2) is 104 Å². The van der Waals surface area contributed by atoms with Crippen molar-refractivity contribution in [2.45, 2.75) is 32.6 Å². The SMILES string of the molecule is C=COC(=O)CCCCOc1ccc(OC(=O)c2ccc(OC(=O)c3ccc4cc(OC(=O)C=C)ccc4c3)c(CC)c2)cc1. The van der Waals surface area contributed by atoms with E-state index >= 15 is 0 Å². The molecular weight excluding hydrogens is 576 g/mol. The summed E-state index contributed by atoms with van der Waals surface area (Å²) >= 11 is 0. The van der Waals surface area contributed by atoms with Crippen LogP contribution in [-0.2, 0) is 20.7 Å². The predicted molar refractivity (Wildman–Crippen MR) is 168 cm³/mol. The lowest BCUT2D eigenvalue weighted by Gasteiger charge is -2.12. The van der Waals surface area contributed by atoms with Crippen LogP contribution in [0.25, 0.3) is 10.8 Å². The number of carbonyl (C=O) groups excluding carboxylic acids is 4. The maximum absolute atomic E-state index is 13.0. The van der Waals surface area contributed by atoms with Crippen LogP contribution in [-0.4, -0.2) is 30.5 Å². The van der Waals surface area contributed by atoms with Crippen LogP contribution in [0.5, 0.6) is 23.0 Å². The fraction of sp³-hybridized carbons (Fsp3) is 0.167. The number of hydrogen-bond acceptors (Lipinski definition) is 9. The van der Waals surface area contributed by atoms with Gasteiger partial charge in [0, 0.05) is 12.5 Å². The molecule has 0 saturated heterocycles. The second kappa shape index (κ2) is 15.7. The zero-order valence-electron chi connectivity index (χ0n) is 24.8. The van der Waals surface area contributed by atoms with Gasteiger partial charge in [0.25, 0.3) is 0 Å². The van der Waals surface area contributed by atoms with E-state index in [0.717, 1.165) is 23.1 Å². The Labute approximate surface area is 260 Å². The summed E-state index contributed by atoms with van der Waals surface area (Å²) in [6.45, 7) is 9.04. The minimum Gasteiger partial charge on any atom is -0.494 e. The highest BCUT2D eigenvalue weighted by Crippen LogP contribution is 2.26. The Balaban J connectivity index is 1.33. The average Bonchev–Trinajstić information content (AvgIpc) is 3.05. The first-order chi connectivity index (χ1) is 21.8. The third-order valence-electron chi connectivity index (χ3n) is 6.61. The first kappa shape index (κ1) is 32.2. The summed E-state index contributed by atoms with van der Waals surface area (Å²) in [6.07, 6.45) is 4.29. The Morgan fingerprint density at radius 1 is 0.689 bits per heavy atom. The number of aryl methyl sites for hydroxylation is 1. The summed E-state index contributed by atoms with van der Waals surface area (Å²) in [7, 11) is 0. The van der Waals surface area contributed by atoms with Crippen LogP contribution in [0, 0.1) is 0 Å². The molecule has 4 aromatic carbocycles. The van der Waals surface area contributed by atoms with Gasteiger partial charge in [-0.3, -0.25) is 4.79 Å². The fourth-order valence-corrected chi connectivity index (χ4v) is 4.30. The lowest BCUT2D eigenvalue weighted by atomic mass is 10.1. The minimum atomic E-state index is -0.560. The van der Waals surface area contributed by atoms with E-state index in [2.05, 4.69) is 17.9 Å². The molecule has 0 unspecified atom stereocenters. The molecule has 45 heavy (non-hydrogen) atoms.